The molecule has 0 saturated carbocycles. The molecular formula is C17H18Cl3N3. The van der Waals surface area contributed by atoms with Crippen molar-refractivity contribution in [2.75, 3.05) is 11.9 Å². The number of halogens is 3. The van der Waals surface area contributed by atoms with E-state index in [-0.39, 0.29) is 12.4 Å². The van der Waals surface area contributed by atoms with E-state index >= 15 is 0 Å². The van der Waals surface area contributed by atoms with Crippen LogP contribution in [-0.4, -0.2) is 16.3 Å². The van der Waals surface area contributed by atoms with Gasteiger partial charge in [0, 0.05) is 40.2 Å². The van der Waals surface area contributed by atoms with Crippen molar-refractivity contribution < 1.29 is 0 Å². The fourth-order valence-corrected chi connectivity index (χ4v) is 3.11. The molecule has 0 aliphatic heterocycles. The first-order valence-corrected chi connectivity index (χ1v) is 8.02. The van der Waals surface area contributed by atoms with Gasteiger partial charge in [-0.25, -0.2) is 0 Å². The fraction of sp³-hybridized carbons (Fsp3) is 0.235. The van der Waals surface area contributed by atoms with Crippen molar-refractivity contribution >= 4 is 52.3 Å². The summed E-state index contributed by atoms with van der Waals surface area (Å²) in [5.41, 5.74) is 2.89. The highest BCUT2D eigenvalue weighted by Gasteiger charge is 2.14. The van der Waals surface area contributed by atoms with Crippen molar-refractivity contribution in [3.05, 3.63) is 46.4 Å². The Labute approximate surface area is 152 Å². The smallest absolute Gasteiger partial charge is 0.131 e. The van der Waals surface area contributed by atoms with Crippen LogP contribution in [0.2, 0.25) is 10.0 Å². The fourth-order valence-electron chi connectivity index (χ4n) is 2.59. The van der Waals surface area contributed by atoms with Crippen LogP contribution in [-0.2, 0) is 7.05 Å². The van der Waals surface area contributed by atoms with Crippen molar-refractivity contribution in [1.29, 1.82) is 0 Å². The Balaban J connectivity index is 0.00000192. The zero-order valence-corrected chi connectivity index (χ0v) is 15.3. The lowest BCUT2D eigenvalue weighted by Crippen LogP contribution is -2.05. The molecule has 3 aromatic rings. The molecule has 0 saturated heterocycles. The summed E-state index contributed by atoms with van der Waals surface area (Å²) < 4.78 is 1.88. The number of nitrogens with zero attached hydrogens (tertiary/aromatic N) is 2. The van der Waals surface area contributed by atoms with Crippen LogP contribution in [0.1, 0.15) is 13.3 Å². The predicted molar refractivity (Wildman–Crippen MR) is 102 cm³/mol. The van der Waals surface area contributed by atoms with E-state index in [1.807, 2.05) is 36.0 Å². The van der Waals surface area contributed by atoms with Gasteiger partial charge in [0.05, 0.1) is 0 Å². The van der Waals surface area contributed by atoms with E-state index in [1.54, 1.807) is 6.07 Å². The quantitative estimate of drug-likeness (QED) is 0.630. The molecule has 3 nitrogen and oxygen atoms in total. The lowest BCUT2D eigenvalue weighted by molar-refractivity contribution is 0.777. The average Bonchev–Trinajstić information content (AvgIpc) is 2.81. The second-order valence-corrected chi connectivity index (χ2v) is 6.07. The predicted octanol–water partition coefficient (Wildman–Crippen LogP) is 5.79. The summed E-state index contributed by atoms with van der Waals surface area (Å²) >= 11 is 12.4. The largest absolute Gasteiger partial charge is 0.370 e. The highest BCUT2D eigenvalue weighted by Crippen LogP contribution is 2.36. The molecule has 0 spiro atoms. The Bertz CT molecular complexity index is 827. The van der Waals surface area contributed by atoms with Gasteiger partial charge in [-0.1, -0.05) is 48.3 Å². The molecule has 0 unspecified atom stereocenters. The third-order valence-electron chi connectivity index (χ3n) is 3.63. The minimum atomic E-state index is 0. The van der Waals surface area contributed by atoms with Gasteiger partial charge in [0.25, 0.3) is 0 Å². The van der Waals surface area contributed by atoms with Crippen LogP contribution in [0.3, 0.4) is 0 Å². The van der Waals surface area contributed by atoms with E-state index in [9.17, 15) is 0 Å². The maximum Gasteiger partial charge on any atom is 0.131 e. The lowest BCUT2D eigenvalue weighted by atomic mass is 10.0. The summed E-state index contributed by atoms with van der Waals surface area (Å²) in [5.74, 6) is 1.03. The summed E-state index contributed by atoms with van der Waals surface area (Å²) in [6, 6.07) is 11.7. The van der Waals surface area contributed by atoms with Gasteiger partial charge in [-0.3, -0.25) is 4.68 Å². The normalized spacial score (nSPS) is 10.6. The number of aromatic nitrogens is 2. The molecule has 122 valence electrons. The van der Waals surface area contributed by atoms with E-state index in [0.29, 0.717) is 10.0 Å². The number of rotatable bonds is 4. The van der Waals surface area contributed by atoms with E-state index in [2.05, 4.69) is 23.4 Å². The molecular weight excluding hydrogens is 353 g/mol. The summed E-state index contributed by atoms with van der Waals surface area (Å²) in [6.45, 7) is 3.06. The minimum absolute atomic E-state index is 0. The van der Waals surface area contributed by atoms with Gasteiger partial charge >= 0.3 is 0 Å². The Hall–Kier alpha value is -1.42. The van der Waals surface area contributed by atoms with Crippen LogP contribution in [0.4, 0.5) is 5.82 Å². The molecule has 0 fully saturated rings. The van der Waals surface area contributed by atoms with Gasteiger partial charge in [0.15, 0.2) is 0 Å². The van der Waals surface area contributed by atoms with Gasteiger partial charge in [-0.15, -0.1) is 12.4 Å². The number of hydrogen-bond acceptors (Lipinski definition) is 2. The molecule has 1 heterocycles. The third kappa shape index (κ3) is 3.42. The third-order valence-corrected chi connectivity index (χ3v) is 4.18. The van der Waals surface area contributed by atoms with Crippen molar-refractivity contribution in [2.45, 2.75) is 13.3 Å². The van der Waals surface area contributed by atoms with Crippen LogP contribution in [0.5, 0.6) is 0 Å². The van der Waals surface area contributed by atoms with Crippen molar-refractivity contribution in [1.82, 2.24) is 9.78 Å². The number of nitrogens with one attached hydrogen (secondary N) is 1. The molecule has 23 heavy (non-hydrogen) atoms. The van der Waals surface area contributed by atoms with Crippen molar-refractivity contribution in [3.8, 4) is 11.1 Å². The number of hydrogen-bond donors (Lipinski definition) is 1. The van der Waals surface area contributed by atoms with E-state index < -0.39 is 0 Å². The summed E-state index contributed by atoms with van der Waals surface area (Å²) in [5, 5.41) is 10.5. The monoisotopic (exact) mass is 369 g/mol. The first kappa shape index (κ1) is 17.9. The van der Waals surface area contributed by atoms with E-state index in [1.165, 1.54) is 0 Å². The van der Waals surface area contributed by atoms with E-state index in [4.69, 9.17) is 23.2 Å². The van der Waals surface area contributed by atoms with Gasteiger partial charge in [0.2, 0.25) is 0 Å². The summed E-state index contributed by atoms with van der Waals surface area (Å²) in [4.78, 5) is 0. The maximum absolute atomic E-state index is 6.36. The van der Waals surface area contributed by atoms with Gasteiger partial charge in [-0.2, -0.15) is 5.10 Å². The molecule has 6 heteroatoms. The molecule has 0 aliphatic carbocycles. The zero-order valence-electron chi connectivity index (χ0n) is 12.9. The van der Waals surface area contributed by atoms with Crippen LogP contribution in [0, 0.1) is 0 Å². The van der Waals surface area contributed by atoms with Crippen molar-refractivity contribution in [3.63, 3.8) is 0 Å². The van der Waals surface area contributed by atoms with Crippen LogP contribution in [0.25, 0.3) is 22.0 Å². The molecule has 1 aromatic heterocycles. The first-order chi connectivity index (χ1) is 10.6. The van der Waals surface area contributed by atoms with E-state index in [0.717, 1.165) is 40.8 Å². The minimum Gasteiger partial charge on any atom is -0.370 e. The van der Waals surface area contributed by atoms with Gasteiger partial charge < -0.3 is 5.32 Å². The number of aryl methyl sites for hydroxylation is 1. The molecule has 2 aromatic carbocycles. The Morgan fingerprint density at radius 2 is 1.91 bits per heavy atom. The summed E-state index contributed by atoms with van der Waals surface area (Å²) in [6.07, 6.45) is 1.06. The van der Waals surface area contributed by atoms with Crippen LogP contribution >= 0.6 is 35.6 Å². The van der Waals surface area contributed by atoms with Gasteiger partial charge in [-0.05, 0) is 24.6 Å². The number of benzene rings is 2. The number of fused-ring (bicyclic) bond motifs is 1. The second kappa shape index (κ2) is 7.43. The standard InChI is InChI=1S/C17H17Cl2N3.ClH/c1-3-9-20-17-14-6-4-5-13(16(14)21-22(17)2)12-8-7-11(18)10-15(12)19;/h4-8,10,20H,3,9H2,1-2H3;1H. The SMILES string of the molecule is CCCNc1c2cccc(-c3ccc(Cl)cc3Cl)c2nn1C.Cl. The lowest BCUT2D eigenvalue weighted by Gasteiger charge is -2.07. The van der Waals surface area contributed by atoms with Crippen molar-refractivity contribution in [2.24, 2.45) is 7.05 Å². The highest BCUT2D eigenvalue weighted by atomic mass is 35.5. The average molecular weight is 371 g/mol. The molecule has 0 radical (unpaired) electrons. The molecule has 3 rings (SSSR count). The maximum atomic E-state index is 6.36. The molecule has 0 bridgehead atoms. The zero-order chi connectivity index (χ0) is 15.7. The highest BCUT2D eigenvalue weighted by molar-refractivity contribution is 6.36. The molecule has 0 aliphatic rings. The topological polar surface area (TPSA) is 29.9 Å². The number of anilines is 1. The molecule has 0 atom stereocenters. The summed E-state index contributed by atoms with van der Waals surface area (Å²) in [7, 11) is 1.95. The molecule has 0 amide bonds. The van der Waals surface area contributed by atoms with Crippen LogP contribution < -0.4 is 5.32 Å². The van der Waals surface area contributed by atoms with Gasteiger partial charge in [0.1, 0.15) is 11.3 Å². The Morgan fingerprint density at radius 1 is 1.13 bits per heavy atom. The van der Waals surface area contributed by atoms with Crippen LogP contribution in [0.15, 0.2) is 36.4 Å². The second-order valence-electron chi connectivity index (χ2n) is 5.22. The molecule has 1 N–H and O–H groups in total. The first-order valence-electron chi connectivity index (χ1n) is 7.27. The Morgan fingerprint density at radius 3 is 2.61 bits per heavy atom. The Kier molecular flexibility index (Phi) is 5.79.